The second-order valence-electron chi connectivity index (χ2n) is 6.08. The molecule has 2 aromatic rings. The molecule has 3 rings (SSSR count). The number of nitrogens with one attached hydrogen (secondary N) is 1. The zero-order chi connectivity index (χ0) is 18.7. The van der Waals surface area contributed by atoms with Crippen molar-refractivity contribution in [3.05, 3.63) is 61.5 Å². The van der Waals surface area contributed by atoms with E-state index in [1.54, 1.807) is 6.07 Å². The van der Waals surface area contributed by atoms with Crippen molar-refractivity contribution in [1.29, 1.82) is 0 Å². The summed E-state index contributed by atoms with van der Waals surface area (Å²) in [7, 11) is 0. The summed E-state index contributed by atoms with van der Waals surface area (Å²) in [6.45, 7) is 1.70. The number of hydrogen-bond donors (Lipinski definition) is 1. The van der Waals surface area contributed by atoms with Crippen LogP contribution < -0.4 is 10.2 Å². The van der Waals surface area contributed by atoms with Gasteiger partial charge in [-0.15, -0.1) is 0 Å². The summed E-state index contributed by atoms with van der Waals surface area (Å²) in [5.74, 6) is -0.947. The van der Waals surface area contributed by atoms with Crippen molar-refractivity contribution in [3.8, 4) is 0 Å². The van der Waals surface area contributed by atoms with E-state index in [9.17, 15) is 19.3 Å². The number of hydrogen-bond acceptors (Lipinski definition) is 4. The van der Waals surface area contributed by atoms with Gasteiger partial charge in [0.2, 0.25) is 0 Å². The van der Waals surface area contributed by atoms with Crippen molar-refractivity contribution in [2.75, 3.05) is 23.3 Å². The summed E-state index contributed by atoms with van der Waals surface area (Å²) < 4.78 is 14.3. The monoisotopic (exact) mass is 469 g/mol. The maximum Gasteiger partial charge on any atom is 0.270 e. The third-order valence-corrected chi connectivity index (χ3v) is 5.25. The number of halogens is 2. The Morgan fingerprint density at radius 1 is 1.15 bits per heavy atom. The first-order valence-electron chi connectivity index (χ1n) is 8.25. The van der Waals surface area contributed by atoms with Crippen LogP contribution in [0.1, 0.15) is 29.6 Å². The second-order valence-corrected chi connectivity index (χ2v) is 7.25. The van der Waals surface area contributed by atoms with Crippen molar-refractivity contribution in [2.45, 2.75) is 19.3 Å². The molecule has 1 aliphatic rings. The number of anilines is 2. The van der Waals surface area contributed by atoms with Crippen LogP contribution in [0.4, 0.5) is 21.5 Å². The molecule has 1 aliphatic heterocycles. The summed E-state index contributed by atoms with van der Waals surface area (Å²) >= 11 is 1.95. The van der Waals surface area contributed by atoms with Crippen LogP contribution in [0.3, 0.4) is 0 Å². The van der Waals surface area contributed by atoms with Crippen LogP contribution in [0.5, 0.6) is 0 Å². The van der Waals surface area contributed by atoms with Gasteiger partial charge in [0.05, 0.1) is 21.9 Å². The topological polar surface area (TPSA) is 75.5 Å². The van der Waals surface area contributed by atoms with E-state index in [0.29, 0.717) is 9.26 Å². The summed E-state index contributed by atoms with van der Waals surface area (Å²) in [6.07, 6.45) is 3.26. The maximum absolute atomic E-state index is 13.8. The average molecular weight is 469 g/mol. The van der Waals surface area contributed by atoms with Crippen LogP contribution in [-0.4, -0.2) is 23.9 Å². The number of nitrogens with zero attached hydrogens (tertiary/aromatic N) is 2. The molecule has 0 aliphatic carbocycles. The van der Waals surface area contributed by atoms with Gasteiger partial charge in [-0.2, -0.15) is 0 Å². The molecule has 1 fully saturated rings. The SMILES string of the molecule is O=C(Nc1cc(F)ccc1N1CCCCC1)c1cc([N+](=O)[O-])ccc1I. The van der Waals surface area contributed by atoms with Gasteiger partial charge in [-0.25, -0.2) is 4.39 Å². The largest absolute Gasteiger partial charge is 0.370 e. The smallest absolute Gasteiger partial charge is 0.270 e. The molecule has 1 N–H and O–H groups in total. The van der Waals surface area contributed by atoms with E-state index in [0.717, 1.165) is 38.0 Å². The highest BCUT2D eigenvalue weighted by molar-refractivity contribution is 14.1. The lowest BCUT2D eigenvalue weighted by Crippen LogP contribution is -2.30. The van der Waals surface area contributed by atoms with E-state index >= 15 is 0 Å². The van der Waals surface area contributed by atoms with Crippen LogP contribution in [0.15, 0.2) is 36.4 Å². The fourth-order valence-corrected chi connectivity index (χ4v) is 3.59. The Morgan fingerprint density at radius 3 is 2.58 bits per heavy atom. The normalized spacial score (nSPS) is 14.2. The molecule has 8 heteroatoms. The van der Waals surface area contributed by atoms with E-state index in [1.165, 1.54) is 30.3 Å². The van der Waals surface area contributed by atoms with Gasteiger partial charge in [0.15, 0.2) is 0 Å². The number of amides is 1. The standard InChI is InChI=1S/C18H17FIN3O3/c19-12-4-7-17(22-8-2-1-3-9-22)16(10-12)21-18(24)14-11-13(23(25)26)5-6-15(14)20/h4-7,10-11H,1-3,8-9H2,(H,21,24). The van der Waals surface area contributed by atoms with Crippen LogP contribution in [0, 0.1) is 19.5 Å². The summed E-state index contributed by atoms with van der Waals surface area (Å²) in [4.78, 5) is 25.2. The van der Waals surface area contributed by atoms with Gasteiger partial charge in [-0.05, 0) is 66.1 Å². The number of carbonyl (C=O) groups excluding carboxylic acids is 1. The van der Waals surface area contributed by atoms with Crippen molar-refractivity contribution < 1.29 is 14.1 Å². The Kier molecular flexibility index (Phi) is 5.70. The van der Waals surface area contributed by atoms with E-state index in [1.807, 2.05) is 22.6 Å². The minimum atomic E-state index is -0.547. The van der Waals surface area contributed by atoms with E-state index < -0.39 is 16.6 Å². The second kappa shape index (κ2) is 7.98. The molecule has 26 heavy (non-hydrogen) atoms. The number of rotatable bonds is 4. The molecule has 2 aromatic carbocycles. The molecule has 0 spiro atoms. The fraction of sp³-hybridized carbons (Fsp3) is 0.278. The molecule has 0 bridgehead atoms. The molecule has 6 nitrogen and oxygen atoms in total. The lowest BCUT2D eigenvalue weighted by molar-refractivity contribution is -0.384. The minimum Gasteiger partial charge on any atom is -0.370 e. The van der Waals surface area contributed by atoms with Crippen molar-refractivity contribution in [3.63, 3.8) is 0 Å². The number of nitro groups is 1. The lowest BCUT2D eigenvalue weighted by atomic mass is 10.1. The first-order chi connectivity index (χ1) is 12.5. The predicted molar refractivity (Wildman–Crippen MR) is 106 cm³/mol. The number of piperidine rings is 1. The van der Waals surface area contributed by atoms with Gasteiger partial charge < -0.3 is 10.2 Å². The Hall–Kier alpha value is -2.23. The fourth-order valence-electron chi connectivity index (χ4n) is 3.01. The summed E-state index contributed by atoms with van der Waals surface area (Å²) in [5.41, 5.74) is 1.17. The van der Waals surface area contributed by atoms with Crippen molar-refractivity contribution in [2.24, 2.45) is 0 Å². The van der Waals surface area contributed by atoms with Gasteiger partial charge in [-0.1, -0.05) is 0 Å². The zero-order valence-corrected chi connectivity index (χ0v) is 16.0. The first kappa shape index (κ1) is 18.6. The van der Waals surface area contributed by atoms with Crippen LogP contribution in [0.25, 0.3) is 0 Å². The van der Waals surface area contributed by atoms with Crippen LogP contribution >= 0.6 is 22.6 Å². The van der Waals surface area contributed by atoms with Crippen LogP contribution in [0.2, 0.25) is 0 Å². The molecule has 0 atom stereocenters. The lowest BCUT2D eigenvalue weighted by Gasteiger charge is -2.30. The molecule has 0 aromatic heterocycles. The molecule has 1 heterocycles. The molecule has 136 valence electrons. The number of carbonyl (C=O) groups is 1. The van der Waals surface area contributed by atoms with Gasteiger partial charge in [-0.3, -0.25) is 14.9 Å². The third kappa shape index (κ3) is 4.12. The van der Waals surface area contributed by atoms with Gasteiger partial charge in [0, 0.05) is 28.8 Å². The first-order valence-corrected chi connectivity index (χ1v) is 9.33. The molecule has 0 unspecified atom stereocenters. The van der Waals surface area contributed by atoms with E-state index in [-0.39, 0.29) is 11.3 Å². The average Bonchev–Trinajstić information content (AvgIpc) is 2.62. The van der Waals surface area contributed by atoms with Gasteiger partial charge in [0.1, 0.15) is 5.82 Å². The Balaban J connectivity index is 1.91. The van der Waals surface area contributed by atoms with E-state index in [4.69, 9.17) is 0 Å². The number of benzene rings is 2. The van der Waals surface area contributed by atoms with Crippen molar-refractivity contribution in [1.82, 2.24) is 0 Å². The highest BCUT2D eigenvalue weighted by Crippen LogP contribution is 2.30. The van der Waals surface area contributed by atoms with Gasteiger partial charge >= 0.3 is 0 Å². The maximum atomic E-state index is 13.8. The Morgan fingerprint density at radius 2 is 1.88 bits per heavy atom. The summed E-state index contributed by atoms with van der Waals surface area (Å²) in [5, 5.41) is 13.7. The highest BCUT2D eigenvalue weighted by Gasteiger charge is 2.20. The Labute approximate surface area is 163 Å². The van der Waals surface area contributed by atoms with Crippen LogP contribution in [-0.2, 0) is 0 Å². The number of nitro benzene ring substituents is 1. The quantitative estimate of drug-likeness (QED) is 0.404. The summed E-state index contributed by atoms with van der Waals surface area (Å²) in [6, 6.07) is 8.42. The Bertz CT molecular complexity index is 854. The molecule has 0 saturated carbocycles. The van der Waals surface area contributed by atoms with Gasteiger partial charge in [0.25, 0.3) is 11.6 Å². The zero-order valence-electron chi connectivity index (χ0n) is 13.9. The third-order valence-electron chi connectivity index (χ3n) is 4.31. The van der Waals surface area contributed by atoms with Crippen molar-refractivity contribution >= 4 is 45.6 Å². The highest BCUT2D eigenvalue weighted by atomic mass is 127. The van der Waals surface area contributed by atoms with E-state index in [2.05, 4.69) is 10.2 Å². The minimum absolute atomic E-state index is 0.161. The number of non-ortho nitro benzene ring substituents is 1. The molecule has 0 radical (unpaired) electrons. The molecule has 1 saturated heterocycles. The molecular weight excluding hydrogens is 452 g/mol. The molecular formula is C18H17FIN3O3. The predicted octanol–water partition coefficient (Wildman–Crippen LogP) is 4.58. The molecule has 1 amide bonds.